The fraction of sp³-hybridized carbons (Fsp3) is 0.611. The Morgan fingerprint density at radius 2 is 2.14 bits per heavy atom. The number of esters is 1. The molecule has 3 rings (SSSR count). The highest BCUT2D eigenvalue weighted by atomic mass is 16.6. The van der Waals surface area contributed by atoms with Crippen molar-refractivity contribution in [2.45, 2.75) is 39.9 Å². The van der Waals surface area contributed by atoms with Crippen LogP contribution in [-0.4, -0.2) is 18.7 Å². The molecule has 4 heteroatoms. The minimum Gasteiger partial charge on any atom is -0.467 e. The number of furan rings is 1. The van der Waals surface area contributed by atoms with Crippen molar-refractivity contribution in [3.05, 3.63) is 35.8 Å². The number of ether oxygens (including phenoxy) is 2. The highest BCUT2D eigenvalue weighted by molar-refractivity contribution is 5.65. The maximum absolute atomic E-state index is 11.2. The van der Waals surface area contributed by atoms with E-state index in [1.807, 2.05) is 12.1 Å². The van der Waals surface area contributed by atoms with Crippen LogP contribution in [0.3, 0.4) is 0 Å². The molecule has 120 valence electrons. The maximum atomic E-state index is 11.2. The summed E-state index contributed by atoms with van der Waals surface area (Å²) in [6, 6.07) is 3.85. The van der Waals surface area contributed by atoms with E-state index in [-0.39, 0.29) is 18.2 Å². The molecule has 2 aliphatic rings. The number of hydrogen-bond donors (Lipinski definition) is 0. The Labute approximate surface area is 131 Å². The van der Waals surface area contributed by atoms with Gasteiger partial charge in [-0.1, -0.05) is 25.5 Å². The Morgan fingerprint density at radius 1 is 1.36 bits per heavy atom. The van der Waals surface area contributed by atoms with E-state index in [4.69, 9.17) is 13.9 Å². The number of hydrogen-bond acceptors (Lipinski definition) is 4. The minimum absolute atomic E-state index is 0.0930. The van der Waals surface area contributed by atoms with Crippen molar-refractivity contribution in [3.63, 3.8) is 0 Å². The monoisotopic (exact) mass is 304 g/mol. The molecular weight excluding hydrogens is 280 g/mol. The highest BCUT2D eigenvalue weighted by Crippen LogP contribution is 2.52. The van der Waals surface area contributed by atoms with Crippen molar-refractivity contribution in [2.75, 3.05) is 6.61 Å². The van der Waals surface area contributed by atoms with E-state index in [9.17, 15) is 4.79 Å². The number of rotatable bonds is 3. The Bertz CT molecular complexity index is 560. The third-order valence-corrected chi connectivity index (χ3v) is 5.18. The average molecular weight is 304 g/mol. The molecule has 2 bridgehead atoms. The zero-order chi connectivity index (χ0) is 15.9. The zero-order valence-corrected chi connectivity index (χ0v) is 13.6. The average Bonchev–Trinajstić information content (AvgIpc) is 2.96. The van der Waals surface area contributed by atoms with Crippen molar-refractivity contribution >= 4 is 5.97 Å². The van der Waals surface area contributed by atoms with Gasteiger partial charge in [0.25, 0.3) is 0 Å². The van der Waals surface area contributed by atoms with Crippen molar-refractivity contribution in [1.82, 2.24) is 0 Å². The predicted molar refractivity (Wildman–Crippen MR) is 82.0 cm³/mol. The van der Waals surface area contributed by atoms with Gasteiger partial charge in [0, 0.05) is 12.8 Å². The van der Waals surface area contributed by atoms with Crippen molar-refractivity contribution < 1.29 is 18.7 Å². The van der Waals surface area contributed by atoms with Crippen LogP contribution >= 0.6 is 0 Å². The van der Waals surface area contributed by atoms with Gasteiger partial charge in [-0.3, -0.25) is 4.79 Å². The number of carbonyl (C=O) groups is 1. The Balaban J connectivity index is 1.92. The summed E-state index contributed by atoms with van der Waals surface area (Å²) < 4.78 is 17.2. The van der Waals surface area contributed by atoms with E-state index in [1.54, 1.807) is 6.26 Å². The summed E-state index contributed by atoms with van der Waals surface area (Å²) in [4.78, 5) is 11.2. The fourth-order valence-electron chi connectivity index (χ4n) is 4.37. The number of allylic oxidation sites excluding steroid dienone is 1. The fourth-order valence-corrected chi connectivity index (χ4v) is 4.37. The molecule has 2 heterocycles. The lowest BCUT2D eigenvalue weighted by Gasteiger charge is -2.50. The van der Waals surface area contributed by atoms with E-state index in [0.29, 0.717) is 30.3 Å². The summed E-state index contributed by atoms with van der Waals surface area (Å²) >= 11 is 0. The Morgan fingerprint density at radius 3 is 2.77 bits per heavy atom. The molecule has 0 amide bonds. The van der Waals surface area contributed by atoms with E-state index >= 15 is 0 Å². The Kier molecular flexibility index (Phi) is 4.13. The number of carbonyl (C=O) groups excluding carboxylic acids is 1. The van der Waals surface area contributed by atoms with Crippen molar-refractivity contribution in [1.29, 1.82) is 0 Å². The summed E-state index contributed by atoms with van der Waals surface area (Å²) in [6.07, 6.45) is 3.82. The molecule has 1 aliphatic heterocycles. The van der Waals surface area contributed by atoms with Crippen LogP contribution in [0.5, 0.6) is 0 Å². The van der Waals surface area contributed by atoms with Crippen LogP contribution in [0.4, 0.5) is 0 Å². The van der Waals surface area contributed by atoms with Crippen LogP contribution < -0.4 is 0 Å². The molecule has 6 unspecified atom stereocenters. The second-order valence-electron chi connectivity index (χ2n) is 6.65. The standard InChI is InChI=1S/C18H24O4/c1-10-8-11(2)17-12(3)16(10)15(9-21-13(4)19)22-18(17)14-6-5-7-20-14/h5-8,10,12,15-18H,9H2,1-4H3. The summed E-state index contributed by atoms with van der Waals surface area (Å²) in [6.45, 7) is 8.43. The minimum atomic E-state index is -0.261. The normalized spacial score (nSPS) is 37.5. The van der Waals surface area contributed by atoms with Gasteiger partial charge < -0.3 is 13.9 Å². The molecule has 22 heavy (non-hydrogen) atoms. The lowest BCUT2D eigenvalue weighted by atomic mass is 9.63. The van der Waals surface area contributed by atoms with Gasteiger partial charge in [0.15, 0.2) is 0 Å². The molecule has 6 atom stereocenters. The van der Waals surface area contributed by atoms with Crippen LogP contribution in [0.1, 0.15) is 39.6 Å². The summed E-state index contributed by atoms with van der Waals surface area (Å²) in [5, 5.41) is 0. The van der Waals surface area contributed by atoms with E-state index in [2.05, 4.69) is 26.8 Å². The second-order valence-corrected chi connectivity index (χ2v) is 6.65. The summed E-state index contributed by atoms with van der Waals surface area (Å²) in [5.41, 5.74) is 1.36. The first kappa shape index (κ1) is 15.3. The van der Waals surface area contributed by atoms with Crippen LogP contribution in [0.25, 0.3) is 0 Å². The van der Waals surface area contributed by atoms with Crippen LogP contribution in [0.2, 0.25) is 0 Å². The summed E-state index contributed by atoms with van der Waals surface area (Å²) in [7, 11) is 0. The number of fused-ring (bicyclic) bond motifs is 2. The SMILES string of the molecule is CC(=O)OCC1OC(c2ccco2)C2C(C)=CC(C)C1C2C. The van der Waals surface area contributed by atoms with Crippen LogP contribution in [0.15, 0.2) is 34.5 Å². The first-order valence-corrected chi connectivity index (χ1v) is 7.99. The highest BCUT2D eigenvalue weighted by Gasteiger charge is 2.49. The van der Waals surface area contributed by atoms with E-state index < -0.39 is 0 Å². The molecule has 0 aromatic carbocycles. The first-order chi connectivity index (χ1) is 10.5. The van der Waals surface area contributed by atoms with Gasteiger partial charge >= 0.3 is 5.97 Å². The zero-order valence-electron chi connectivity index (χ0n) is 13.6. The largest absolute Gasteiger partial charge is 0.467 e. The van der Waals surface area contributed by atoms with E-state index in [1.165, 1.54) is 12.5 Å². The molecule has 1 fully saturated rings. The molecular formula is C18H24O4. The smallest absolute Gasteiger partial charge is 0.302 e. The lowest BCUT2D eigenvalue weighted by Crippen LogP contribution is -2.50. The molecule has 1 aromatic heterocycles. The maximum Gasteiger partial charge on any atom is 0.302 e. The molecule has 0 radical (unpaired) electrons. The van der Waals surface area contributed by atoms with Gasteiger partial charge in [-0.25, -0.2) is 0 Å². The van der Waals surface area contributed by atoms with Crippen molar-refractivity contribution in [3.8, 4) is 0 Å². The third-order valence-electron chi connectivity index (χ3n) is 5.18. The second kappa shape index (κ2) is 5.92. The lowest BCUT2D eigenvalue weighted by molar-refractivity contribution is -0.182. The Hall–Kier alpha value is -1.55. The van der Waals surface area contributed by atoms with Crippen LogP contribution in [-0.2, 0) is 14.3 Å². The molecule has 1 aliphatic carbocycles. The van der Waals surface area contributed by atoms with E-state index in [0.717, 1.165) is 5.76 Å². The first-order valence-electron chi connectivity index (χ1n) is 7.99. The van der Waals surface area contributed by atoms with Gasteiger partial charge in [0.1, 0.15) is 18.5 Å². The molecule has 4 nitrogen and oxygen atoms in total. The summed E-state index contributed by atoms with van der Waals surface area (Å²) in [5.74, 6) is 2.16. The molecule has 0 spiro atoms. The van der Waals surface area contributed by atoms with Gasteiger partial charge in [0.2, 0.25) is 0 Å². The predicted octanol–water partition coefficient (Wildman–Crippen LogP) is 3.75. The van der Waals surface area contributed by atoms with Crippen molar-refractivity contribution in [2.24, 2.45) is 23.7 Å². The topological polar surface area (TPSA) is 48.7 Å². The third kappa shape index (κ3) is 2.60. The quantitative estimate of drug-likeness (QED) is 0.630. The molecule has 1 aromatic rings. The van der Waals surface area contributed by atoms with Gasteiger partial charge in [-0.2, -0.15) is 0 Å². The molecule has 0 saturated carbocycles. The van der Waals surface area contributed by atoms with Gasteiger partial charge in [-0.15, -0.1) is 0 Å². The van der Waals surface area contributed by atoms with Gasteiger partial charge in [0.05, 0.1) is 12.4 Å². The van der Waals surface area contributed by atoms with Crippen LogP contribution in [0, 0.1) is 23.7 Å². The van der Waals surface area contributed by atoms with Gasteiger partial charge in [-0.05, 0) is 36.8 Å². The molecule has 0 N–H and O–H groups in total. The molecule has 1 saturated heterocycles.